The van der Waals surface area contributed by atoms with Crippen LogP contribution in [0.15, 0.2) is 48.8 Å². The van der Waals surface area contributed by atoms with Crippen molar-refractivity contribution in [2.75, 3.05) is 0 Å². The molecular weight excluding hydrogens is 357 g/mol. The summed E-state index contributed by atoms with van der Waals surface area (Å²) in [5.41, 5.74) is 2.27. The summed E-state index contributed by atoms with van der Waals surface area (Å²) in [4.78, 5) is 15.1. The molecule has 0 N–H and O–H groups in total. The van der Waals surface area contributed by atoms with Crippen molar-refractivity contribution in [1.82, 2.24) is 9.55 Å². The second-order valence-corrected chi connectivity index (χ2v) is 5.24. The monoisotopic (exact) mass is 365 g/mol. The van der Waals surface area contributed by atoms with Crippen LogP contribution in [0.25, 0.3) is 16.7 Å². The second-order valence-electron chi connectivity index (χ2n) is 3.99. The van der Waals surface area contributed by atoms with E-state index in [4.69, 9.17) is 0 Å². The standard InChI is InChI=1S/C13H8IN3O2/c14-9-5-6-12(13(7-9)17(18)19)16-8-15-10-3-1-2-4-11(10)16/h1-8H. The Hall–Kier alpha value is -1.96. The van der Waals surface area contributed by atoms with Crippen molar-refractivity contribution in [2.45, 2.75) is 0 Å². The van der Waals surface area contributed by atoms with E-state index in [1.54, 1.807) is 23.0 Å². The van der Waals surface area contributed by atoms with Gasteiger partial charge in [-0.15, -0.1) is 0 Å². The van der Waals surface area contributed by atoms with E-state index in [9.17, 15) is 10.1 Å². The van der Waals surface area contributed by atoms with Crippen molar-refractivity contribution in [2.24, 2.45) is 0 Å². The van der Waals surface area contributed by atoms with Crippen LogP contribution < -0.4 is 0 Å². The van der Waals surface area contributed by atoms with E-state index in [-0.39, 0.29) is 10.6 Å². The molecule has 19 heavy (non-hydrogen) atoms. The Kier molecular flexibility index (Phi) is 2.94. The molecule has 0 unspecified atom stereocenters. The van der Waals surface area contributed by atoms with Crippen molar-refractivity contribution < 1.29 is 4.92 Å². The normalized spacial score (nSPS) is 10.8. The van der Waals surface area contributed by atoms with Crippen LogP contribution in [0.4, 0.5) is 5.69 Å². The maximum absolute atomic E-state index is 11.2. The summed E-state index contributed by atoms with van der Waals surface area (Å²) >= 11 is 2.06. The average Bonchev–Trinajstić information content (AvgIpc) is 2.82. The molecule has 0 radical (unpaired) electrons. The fourth-order valence-electron chi connectivity index (χ4n) is 2.00. The van der Waals surface area contributed by atoms with E-state index >= 15 is 0 Å². The molecule has 0 bridgehead atoms. The number of benzene rings is 2. The number of hydrogen-bond acceptors (Lipinski definition) is 3. The maximum Gasteiger partial charge on any atom is 0.294 e. The van der Waals surface area contributed by atoms with Gasteiger partial charge in [0.05, 0.1) is 16.0 Å². The van der Waals surface area contributed by atoms with Gasteiger partial charge in [0.25, 0.3) is 5.69 Å². The first kappa shape index (κ1) is 12.1. The molecule has 0 saturated carbocycles. The van der Waals surface area contributed by atoms with Gasteiger partial charge in [-0.25, -0.2) is 4.98 Å². The van der Waals surface area contributed by atoms with Gasteiger partial charge in [0, 0.05) is 9.64 Å². The Morgan fingerprint density at radius 1 is 1.21 bits per heavy atom. The van der Waals surface area contributed by atoms with Crippen LogP contribution in [0.2, 0.25) is 0 Å². The van der Waals surface area contributed by atoms with Gasteiger partial charge < -0.3 is 0 Å². The molecule has 1 heterocycles. The molecule has 0 aliphatic rings. The van der Waals surface area contributed by atoms with E-state index in [0.29, 0.717) is 5.69 Å². The van der Waals surface area contributed by atoms with E-state index in [1.807, 2.05) is 30.3 Å². The SMILES string of the molecule is O=[N+]([O-])c1cc(I)ccc1-n1cnc2ccccc21. The van der Waals surface area contributed by atoms with E-state index in [1.165, 1.54) is 0 Å². The number of hydrogen-bond donors (Lipinski definition) is 0. The molecule has 1 aromatic heterocycles. The summed E-state index contributed by atoms with van der Waals surface area (Å²) in [6, 6.07) is 12.7. The largest absolute Gasteiger partial charge is 0.294 e. The third kappa shape index (κ3) is 2.07. The summed E-state index contributed by atoms with van der Waals surface area (Å²) < 4.78 is 2.57. The van der Waals surface area contributed by atoms with E-state index in [0.717, 1.165) is 14.6 Å². The Labute approximate surface area is 122 Å². The molecule has 3 rings (SSSR count). The number of halogens is 1. The lowest BCUT2D eigenvalue weighted by Gasteiger charge is -2.05. The molecule has 0 spiro atoms. The Morgan fingerprint density at radius 2 is 2.00 bits per heavy atom. The molecule has 0 aliphatic heterocycles. The Bertz CT molecular complexity index is 782. The van der Waals surface area contributed by atoms with Crippen LogP contribution in [-0.4, -0.2) is 14.5 Å². The molecule has 0 aliphatic carbocycles. The predicted octanol–water partition coefficient (Wildman–Crippen LogP) is 3.54. The smallest absolute Gasteiger partial charge is 0.293 e. The third-order valence-corrected chi connectivity index (χ3v) is 3.52. The molecule has 0 fully saturated rings. The highest BCUT2D eigenvalue weighted by Gasteiger charge is 2.17. The number of aromatic nitrogens is 2. The van der Waals surface area contributed by atoms with Gasteiger partial charge in [-0.2, -0.15) is 0 Å². The van der Waals surface area contributed by atoms with Crippen molar-refractivity contribution in [3.8, 4) is 5.69 Å². The summed E-state index contributed by atoms with van der Waals surface area (Å²) in [6.45, 7) is 0. The van der Waals surface area contributed by atoms with Gasteiger partial charge in [-0.1, -0.05) is 12.1 Å². The summed E-state index contributed by atoms with van der Waals surface area (Å²) in [7, 11) is 0. The minimum Gasteiger partial charge on any atom is -0.293 e. The zero-order valence-electron chi connectivity index (χ0n) is 9.65. The molecule has 0 saturated heterocycles. The fraction of sp³-hybridized carbons (Fsp3) is 0. The van der Waals surface area contributed by atoms with Gasteiger partial charge in [0.2, 0.25) is 0 Å². The lowest BCUT2D eigenvalue weighted by Crippen LogP contribution is -1.99. The van der Waals surface area contributed by atoms with E-state index in [2.05, 4.69) is 27.6 Å². The van der Waals surface area contributed by atoms with Gasteiger partial charge in [-0.05, 0) is 46.9 Å². The lowest BCUT2D eigenvalue weighted by molar-refractivity contribution is -0.384. The van der Waals surface area contributed by atoms with Gasteiger partial charge in [-0.3, -0.25) is 14.7 Å². The van der Waals surface area contributed by atoms with Gasteiger partial charge in [0.15, 0.2) is 0 Å². The first-order valence-electron chi connectivity index (χ1n) is 5.53. The maximum atomic E-state index is 11.2. The summed E-state index contributed by atoms with van der Waals surface area (Å²) in [6.07, 6.45) is 1.61. The molecule has 5 nitrogen and oxygen atoms in total. The average molecular weight is 365 g/mol. The highest BCUT2D eigenvalue weighted by molar-refractivity contribution is 14.1. The number of nitrogens with zero attached hydrogens (tertiary/aromatic N) is 3. The highest BCUT2D eigenvalue weighted by Crippen LogP contribution is 2.27. The molecular formula is C13H8IN3O2. The second kappa shape index (κ2) is 4.61. The number of rotatable bonds is 2. The van der Waals surface area contributed by atoms with Crippen molar-refractivity contribution in [3.05, 3.63) is 62.5 Å². The van der Waals surface area contributed by atoms with Gasteiger partial charge >= 0.3 is 0 Å². The molecule has 6 heteroatoms. The molecule has 94 valence electrons. The molecule has 3 aromatic rings. The highest BCUT2D eigenvalue weighted by atomic mass is 127. The first-order chi connectivity index (χ1) is 9.16. The number of imidazole rings is 1. The Balaban J connectivity index is 2.30. The van der Waals surface area contributed by atoms with Crippen LogP contribution in [0.3, 0.4) is 0 Å². The Morgan fingerprint density at radius 3 is 2.79 bits per heavy atom. The number of fused-ring (bicyclic) bond motifs is 1. The zero-order chi connectivity index (χ0) is 13.4. The lowest BCUT2D eigenvalue weighted by atomic mass is 10.2. The predicted molar refractivity (Wildman–Crippen MR) is 80.4 cm³/mol. The third-order valence-electron chi connectivity index (χ3n) is 2.85. The van der Waals surface area contributed by atoms with Crippen LogP contribution >= 0.6 is 22.6 Å². The number of nitro benzene ring substituents is 1. The van der Waals surface area contributed by atoms with Gasteiger partial charge in [0.1, 0.15) is 12.0 Å². The van der Waals surface area contributed by atoms with E-state index < -0.39 is 0 Å². The van der Waals surface area contributed by atoms with Crippen LogP contribution in [0.5, 0.6) is 0 Å². The van der Waals surface area contributed by atoms with Crippen molar-refractivity contribution >= 4 is 39.3 Å². The van der Waals surface area contributed by atoms with Crippen LogP contribution in [0, 0.1) is 13.7 Å². The fourth-order valence-corrected chi connectivity index (χ4v) is 2.47. The van der Waals surface area contributed by atoms with Crippen LogP contribution in [0.1, 0.15) is 0 Å². The van der Waals surface area contributed by atoms with Crippen LogP contribution in [-0.2, 0) is 0 Å². The number of nitro groups is 1. The molecule has 0 atom stereocenters. The number of para-hydroxylation sites is 2. The topological polar surface area (TPSA) is 61.0 Å². The van der Waals surface area contributed by atoms with Crippen molar-refractivity contribution in [3.63, 3.8) is 0 Å². The zero-order valence-corrected chi connectivity index (χ0v) is 11.8. The summed E-state index contributed by atoms with van der Waals surface area (Å²) in [5, 5.41) is 11.2. The minimum absolute atomic E-state index is 0.0788. The molecule has 2 aromatic carbocycles. The summed E-state index contributed by atoms with van der Waals surface area (Å²) in [5.74, 6) is 0. The van der Waals surface area contributed by atoms with Crippen molar-refractivity contribution in [1.29, 1.82) is 0 Å². The molecule has 0 amide bonds. The first-order valence-corrected chi connectivity index (χ1v) is 6.61. The minimum atomic E-state index is -0.369. The quantitative estimate of drug-likeness (QED) is 0.397.